The lowest BCUT2D eigenvalue weighted by Crippen LogP contribution is -2.40. The molecule has 0 amide bonds. The lowest BCUT2D eigenvalue weighted by molar-refractivity contribution is 0.381. The minimum absolute atomic E-state index is 0.643. The predicted molar refractivity (Wildman–Crippen MR) is 93.5 cm³/mol. The third-order valence-corrected chi connectivity index (χ3v) is 5.40. The van der Waals surface area contributed by atoms with E-state index in [1.165, 1.54) is 29.1 Å². The number of fused-ring (bicyclic) bond motifs is 1. The van der Waals surface area contributed by atoms with E-state index < -0.39 is 0 Å². The van der Waals surface area contributed by atoms with Gasteiger partial charge in [0.2, 0.25) is 0 Å². The Labute approximate surface area is 132 Å². The van der Waals surface area contributed by atoms with Crippen molar-refractivity contribution in [2.75, 3.05) is 23.1 Å². The number of nitrogens with zero attached hydrogens (tertiary/aromatic N) is 2. The van der Waals surface area contributed by atoms with Crippen LogP contribution >= 0.6 is 11.9 Å². The second-order valence-electron chi connectivity index (χ2n) is 5.99. The van der Waals surface area contributed by atoms with Gasteiger partial charge in [0, 0.05) is 18.8 Å². The van der Waals surface area contributed by atoms with E-state index in [4.69, 9.17) is 0 Å². The van der Waals surface area contributed by atoms with Gasteiger partial charge in [-0.25, -0.2) is 0 Å². The van der Waals surface area contributed by atoms with Crippen molar-refractivity contribution in [3.63, 3.8) is 0 Å². The standard InChI is InChI=1S/C18H24N2S/c1-4-15(3)16-6-8-17(9-7-16)20-18-10-5-14(2)13-19(18)11-12-21-20/h5-10,15H,4,11-13H2,1-3H3. The highest BCUT2D eigenvalue weighted by Crippen LogP contribution is 2.35. The van der Waals surface area contributed by atoms with Gasteiger partial charge in [0.1, 0.15) is 5.82 Å². The highest BCUT2D eigenvalue weighted by Gasteiger charge is 2.25. The summed E-state index contributed by atoms with van der Waals surface area (Å²) in [6.07, 6.45) is 5.70. The van der Waals surface area contributed by atoms with Gasteiger partial charge < -0.3 is 4.90 Å². The van der Waals surface area contributed by atoms with Gasteiger partial charge in [-0.15, -0.1) is 0 Å². The van der Waals surface area contributed by atoms with E-state index in [1.807, 2.05) is 11.9 Å². The number of rotatable bonds is 3. The first-order valence-electron chi connectivity index (χ1n) is 7.84. The van der Waals surface area contributed by atoms with Crippen LogP contribution in [-0.2, 0) is 0 Å². The molecule has 2 aliphatic rings. The van der Waals surface area contributed by atoms with E-state index in [0.717, 1.165) is 18.8 Å². The molecule has 1 atom stereocenters. The lowest BCUT2D eigenvalue weighted by atomic mass is 9.98. The molecule has 0 bridgehead atoms. The monoisotopic (exact) mass is 300 g/mol. The molecule has 3 heteroatoms. The predicted octanol–water partition coefficient (Wildman–Crippen LogP) is 4.77. The van der Waals surface area contributed by atoms with Gasteiger partial charge in [-0.3, -0.25) is 4.31 Å². The molecule has 0 aliphatic carbocycles. The number of anilines is 1. The fourth-order valence-corrected chi connectivity index (χ4v) is 3.90. The Kier molecular flexibility index (Phi) is 4.29. The molecule has 112 valence electrons. The van der Waals surface area contributed by atoms with Crippen LogP contribution in [0.4, 0.5) is 5.69 Å². The van der Waals surface area contributed by atoms with Crippen LogP contribution in [-0.4, -0.2) is 23.7 Å². The summed E-state index contributed by atoms with van der Waals surface area (Å²) >= 11 is 1.92. The molecular weight excluding hydrogens is 276 g/mol. The van der Waals surface area contributed by atoms with Crippen LogP contribution in [0.2, 0.25) is 0 Å². The first-order chi connectivity index (χ1) is 10.2. The fourth-order valence-electron chi connectivity index (χ4n) is 2.84. The topological polar surface area (TPSA) is 6.48 Å². The Morgan fingerprint density at radius 1 is 1.19 bits per heavy atom. The zero-order valence-corrected chi connectivity index (χ0v) is 14.0. The minimum atomic E-state index is 0.643. The second kappa shape index (κ2) is 6.18. The van der Waals surface area contributed by atoms with Crippen LogP contribution in [0.5, 0.6) is 0 Å². The van der Waals surface area contributed by atoms with Crippen molar-refractivity contribution in [3.05, 3.63) is 53.4 Å². The Bertz CT molecular complexity index is 559. The quantitative estimate of drug-likeness (QED) is 0.742. The molecule has 0 N–H and O–H groups in total. The summed E-state index contributed by atoms with van der Waals surface area (Å²) in [6, 6.07) is 9.11. The van der Waals surface area contributed by atoms with E-state index in [0.29, 0.717) is 5.92 Å². The summed E-state index contributed by atoms with van der Waals surface area (Å²) in [5, 5.41) is 0. The van der Waals surface area contributed by atoms with Crippen molar-refractivity contribution >= 4 is 17.6 Å². The van der Waals surface area contributed by atoms with E-state index in [2.05, 4.69) is 66.4 Å². The summed E-state index contributed by atoms with van der Waals surface area (Å²) in [6.45, 7) is 8.96. The molecule has 3 rings (SSSR count). The molecule has 0 saturated carbocycles. The maximum atomic E-state index is 2.48. The molecule has 0 spiro atoms. The second-order valence-corrected chi connectivity index (χ2v) is 7.02. The number of hydrogen-bond donors (Lipinski definition) is 0. The van der Waals surface area contributed by atoms with Gasteiger partial charge in [0.25, 0.3) is 0 Å². The molecule has 21 heavy (non-hydrogen) atoms. The van der Waals surface area contributed by atoms with Crippen molar-refractivity contribution in [1.29, 1.82) is 0 Å². The van der Waals surface area contributed by atoms with Gasteiger partial charge in [0.05, 0.1) is 5.69 Å². The van der Waals surface area contributed by atoms with Gasteiger partial charge in [-0.1, -0.05) is 37.6 Å². The Balaban J connectivity index is 1.85. The summed E-state index contributed by atoms with van der Waals surface area (Å²) < 4.78 is 2.38. The zero-order chi connectivity index (χ0) is 14.8. The molecule has 1 unspecified atom stereocenters. The molecule has 0 radical (unpaired) electrons. The molecule has 1 fully saturated rings. The number of benzene rings is 1. The van der Waals surface area contributed by atoms with Crippen LogP contribution in [0.25, 0.3) is 0 Å². The molecular formula is C18H24N2S. The third kappa shape index (κ3) is 2.98. The molecule has 1 saturated heterocycles. The molecule has 2 aliphatic heterocycles. The Morgan fingerprint density at radius 2 is 1.95 bits per heavy atom. The van der Waals surface area contributed by atoms with Gasteiger partial charge >= 0.3 is 0 Å². The summed E-state index contributed by atoms with van der Waals surface area (Å²) in [7, 11) is 0. The van der Waals surface area contributed by atoms with Gasteiger partial charge in [0.15, 0.2) is 0 Å². The van der Waals surface area contributed by atoms with E-state index in [-0.39, 0.29) is 0 Å². The average molecular weight is 300 g/mol. The van der Waals surface area contributed by atoms with Crippen molar-refractivity contribution in [2.24, 2.45) is 0 Å². The minimum Gasteiger partial charge on any atom is -0.352 e. The zero-order valence-electron chi connectivity index (χ0n) is 13.2. The van der Waals surface area contributed by atoms with Crippen molar-refractivity contribution in [2.45, 2.75) is 33.1 Å². The highest BCUT2D eigenvalue weighted by atomic mass is 32.2. The normalized spacial score (nSPS) is 19.8. The third-order valence-electron chi connectivity index (χ3n) is 4.38. The van der Waals surface area contributed by atoms with Crippen LogP contribution in [0, 0.1) is 0 Å². The van der Waals surface area contributed by atoms with Gasteiger partial charge in [-0.2, -0.15) is 0 Å². The van der Waals surface area contributed by atoms with Crippen LogP contribution in [0.15, 0.2) is 47.8 Å². The molecule has 1 aromatic carbocycles. The van der Waals surface area contributed by atoms with Crippen LogP contribution < -0.4 is 4.31 Å². The van der Waals surface area contributed by atoms with Crippen molar-refractivity contribution in [1.82, 2.24) is 4.90 Å². The summed E-state index contributed by atoms with van der Waals surface area (Å²) in [5.74, 6) is 3.12. The average Bonchev–Trinajstić information content (AvgIpc) is 2.53. The summed E-state index contributed by atoms with van der Waals surface area (Å²) in [5.41, 5.74) is 4.17. The first-order valence-corrected chi connectivity index (χ1v) is 8.78. The lowest BCUT2D eigenvalue weighted by Gasteiger charge is -2.41. The van der Waals surface area contributed by atoms with Crippen molar-refractivity contribution < 1.29 is 0 Å². The van der Waals surface area contributed by atoms with E-state index in [1.54, 1.807) is 0 Å². The number of hydrogen-bond acceptors (Lipinski definition) is 3. The Morgan fingerprint density at radius 3 is 2.67 bits per heavy atom. The molecule has 2 nitrogen and oxygen atoms in total. The maximum Gasteiger partial charge on any atom is 0.119 e. The SMILES string of the molecule is CCC(C)c1ccc(N2SCCN3CC(C)=CC=C32)cc1. The van der Waals surface area contributed by atoms with Crippen molar-refractivity contribution in [3.8, 4) is 0 Å². The van der Waals surface area contributed by atoms with E-state index in [9.17, 15) is 0 Å². The maximum absolute atomic E-state index is 2.48. The smallest absolute Gasteiger partial charge is 0.119 e. The highest BCUT2D eigenvalue weighted by molar-refractivity contribution is 8.00. The largest absolute Gasteiger partial charge is 0.352 e. The van der Waals surface area contributed by atoms with Crippen LogP contribution in [0.1, 0.15) is 38.7 Å². The molecule has 2 heterocycles. The fraction of sp³-hybridized carbons (Fsp3) is 0.444. The summed E-state index contributed by atoms with van der Waals surface area (Å²) in [4.78, 5) is 2.48. The van der Waals surface area contributed by atoms with Crippen LogP contribution in [0.3, 0.4) is 0 Å². The molecule has 1 aromatic rings. The van der Waals surface area contributed by atoms with Gasteiger partial charge in [-0.05, 0) is 55.0 Å². The number of allylic oxidation sites excluding steroid dienone is 2. The molecule has 0 aromatic heterocycles. The Hall–Kier alpha value is -1.35. The van der Waals surface area contributed by atoms with E-state index >= 15 is 0 Å². The first kappa shape index (κ1) is 14.6.